The van der Waals surface area contributed by atoms with Gasteiger partial charge in [-0.15, -0.1) is 0 Å². The molecule has 4 rings (SSSR count). The summed E-state index contributed by atoms with van der Waals surface area (Å²) in [4.78, 5) is 26.0. The van der Waals surface area contributed by atoms with Crippen LogP contribution >= 0.6 is 11.6 Å². The van der Waals surface area contributed by atoms with Crippen molar-refractivity contribution in [1.29, 1.82) is 0 Å². The molecule has 0 atom stereocenters. The van der Waals surface area contributed by atoms with Gasteiger partial charge in [0.1, 0.15) is 16.4 Å². The molecule has 9 nitrogen and oxygen atoms in total. The van der Waals surface area contributed by atoms with Crippen molar-refractivity contribution in [1.82, 2.24) is 4.31 Å². The van der Waals surface area contributed by atoms with Gasteiger partial charge in [0.15, 0.2) is 6.61 Å². The quantitative estimate of drug-likeness (QED) is 0.644. The van der Waals surface area contributed by atoms with Crippen LogP contribution in [0, 0.1) is 5.92 Å². The number of halogens is 1. The summed E-state index contributed by atoms with van der Waals surface area (Å²) in [6.45, 7) is 2.67. The van der Waals surface area contributed by atoms with Crippen molar-refractivity contribution in [2.45, 2.75) is 24.7 Å². The van der Waals surface area contributed by atoms with Crippen LogP contribution in [0.4, 0.5) is 11.4 Å². The SMILES string of the molecule is CCOc1ccc(N(C)C(=O)C2CCN(S(=O)(=O)c3cc4c(cc3Cl)NC(=O)CO4)CC2)cc1. The molecule has 0 aliphatic carbocycles. The van der Waals surface area contributed by atoms with E-state index in [1.165, 1.54) is 16.4 Å². The Hall–Kier alpha value is -2.82. The van der Waals surface area contributed by atoms with Crippen molar-refractivity contribution in [3.8, 4) is 11.5 Å². The summed E-state index contributed by atoms with van der Waals surface area (Å²) in [6, 6.07) is 9.99. The number of hydrogen-bond acceptors (Lipinski definition) is 6. The minimum atomic E-state index is -3.90. The van der Waals surface area contributed by atoms with E-state index in [0.717, 1.165) is 11.4 Å². The van der Waals surface area contributed by atoms with Crippen molar-refractivity contribution in [3.63, 3.8) is 0 Å². The summed E-state index contributed by atoms with van der Waals surface area (Å²) >= 11 is 6.25. The molecule has 182 valence electrons. The molecule has 0 radical (unpaired) electrons. The van der Waals surface area contributed by atoms with Crippen molar-refractivity contribution < 1.29 is 27.5 Å². The highest BCUT2D eigenvalue weighted by molar-refractivity contribution is 7.89. The average molecular weight is 508 g/mol. The van der Waals surface area contributed by atoms with Crippen LogP contribution < -0.4 is 19.7 Å². The maximum atomic E-state index is 13.3. The average Bonchev–Trinajstić information content (AvgIpc) is 2.83. The van der Waals surface area contributed by atoms with E-state index in [1.807, 2.05) is 31.2 Å². The molecular formula is C23H26ClN3O6S. The second-order valence-corrected chi connectivity index (χ2v) is 10.4. The summed E-state index contributed by atoms with van der Waals surface area (Å²) in [5.74, 6) is 0.308. The zero-order valence-electron chi connectivity index (χ0n) is 18.9. The van der Waals surface area contributed by atoms with Gasteiger partial charge in [0.2, 0.25) is 15.9 Å². The number of amides is 2. The maximum Gasteiger partial charge on any atom is 0.262 e. The molecular weight excluding hydrogens is 482 g/mol. The van der Waals surface area contributed by atoms with Gasteiger partial charge in [0.05, 0.1) is 17.3 Å². The van der Waals surface area contributed by atoms with Gasteiger partial charge >= 0.3 is 0 Å². The Kier molecular flexibility index (Phi) is 7.01. The summed E-state index contributed by atoms with van der Waals surface area (Å²) in [7, 11) is -2.19. The third-order valence-electron chi connectivity index (χ3n) is 5.95. The lowest BCUT2D eigenvalue weighted by atomic mass is 9.96. The molecule has 11 heteroatoms. The van der Waals surface area contributed by atoms with Crippen LogP contribution in [0.3, 0.4) is 0 Å². The molecule has 0 aromatic heterocycles. The van der Waals surface area contributed by atoms with Crippen LogP contribution in [-0.2, 0) is 19.6 Å². The molecule has 2 aliphatic heterocycles. The van der Waals surface area contributed by atoms with E-state index in [2.05, 4.69) is 5.32 Å². The number of carbonyl (C=O) groups is 2. The van der Waals surface area contributed by atoms with Crippen molar-refractivity contribution in [2.24, 2.45) is 5.92 Å². The summed E-state index contributed by atoms with van der Waals surface area (Å²) in [5.41, 5.74) is 1.08. The number of nitrogens with zero attached hydrogens (tertiary/aromatic N) is 2. The summed E-state index contributed by atoms with van der Waals surface area (Å²) < 4.78 is 38.6. The number of hydrogen-bond donors (Lipinski definition) is 1. The van der Waals surface area contributed by atoms with E-state index in [1.54, 1.807) is 11.9 Å². The number of sulfonamides is 1. The Morgan fingerprint density at radius 2 is 1.91 bits per heavy atom. The second-order valence-electron chi connectivity index (χ2n) is 8.12. The zero-order valence-corrected chi connectivity index (χ0v) is 20.5. The Labute approximate surface area is 203 Å². The van der Waals surface area contributed by atoms with Gasteiger partial charge in [0.25, 0.3) is 5.91 Å². The number of carbonyl (C=O) groups excluding carboxylic acids is 2. The van der Waals surface area contributed by atoms with E-state index in [4.69, 9.17) is 21.1 Å². The largest absolute Gasteiger partial charge is 0.494 e. The molecule has 34 heavy (non-hydrogen) atoms. The zero-order chi connectivity index (χ0) is 24.5. The molecule has 0 spiro atoms. The molecule has 2 aromatic rings. The standard InChI is InChI=1S/C23H26ClN3O6S/c1-3-32-17-6-4-16(5-7-17)26(2)23(29)15-8-10-27(11-9-15)34(30,31)21-13-20-19(12-18(21)24)25-22(28)14-33-20/h4-7,12-13,15H,3,8-11,14H2,1-2H3,(H,25,28). The highest BCUT2D eigenvalue weighted by Gasteiger charge is 2.35. The monoisotopic (exact) mass is 507 g/mol. The minimum absolute atomic E-state index is 0.00187. The smallest absolute Gasteiger partial charge is 0.262 e. The van der Waals surface area contributed by atoms with Crippen LogP contribution in [0.25, 0.3) is 0 Å². The first-order chi connectivity index (χ1) is 16.2. The Morgan fingerprint density at radius 1 is 1.24 bits per heavy atom. The van der Waals surface area contributed by atoms with Gasteiger partial charge in [-0.2, -0.15) is 4.31 Å². The number of rotatable bonds is 6. The number of anilines is 2. The maximum absolute atomic E-state index is 13.3. The predicted octanol–water partition coefficient (Wildman–Crippen LogP) is 3.13. The van der Waals surface area contributed by atoms with Gasteiger partial charge in [-0.25, -0.2) is 8.42 Å². The lowest BCUT2D eigenvalue weighted by molar-refractivity contribution is -0.123. The first kappa shape index (κ1) is 24.3. The fourth-order valence-corrected chi connectivity index (χ4v) is 6.08. The van der Waals surface area contributed by atoms with Crippen molar-refractivity contribution >= 4 is 44.8 Å². The molecule has 0 saturated carbocycles. The number of piperidine rings is 1. The summed E-state index contributed by atoms with van der Waals surface area (Å²) in [5, 5.41) is 2.60. The highest BCUT2D eigenvalue weighted by Crippen LogP contribution is 2.37. The fourth-order valence-electron chi connectivity index (χ4n) is 4.10. The fraction of sp³-hybridized carbons (Fsp3) is 0.391. The number of benzene rings is 2. The second kappa shape index (κ2) is 9.81. The van der Waals surface area contributed by atoms with Gasteiger partial charge in [-0.3, -0.25) is 9.59 Å². The Bertz CT molecular complexity index is 1190. The molecule has 1 N–H and O–H groups in total. The van der Waals surface area contributed by atoms with E-state index < -0.39 is 10.0 Å². The van der Waals surface area contributed by atoms with Crippen LogP contribution in [-0.4, -0.2) is 57.9 Å². The third-order valence-corrected chi connectivity index (χ3v) is 8.32. The minimum Gasteiger partial charge on any atom is -0.494 e. The van der Waals surface area contributed by atoms with Gasteiger partial charge in [-0.1, -0.05) is 11.6 Å². The van der Waals surface area contributed by atoms with E-state index in [-0.39, 0.29) is 53.1 Å². The normalized spacial score (nSPS) is 16.9. The first-order valence-electron chi connectivity index (χ1n) is 11.0. The molecule has 2 aliphatic rings. The molecule has 0 unspecified atom stereocenters. The lowest BCUT2D eigenvalue weighted by Crippen LogP contribution is -2.43. The number of ether oxygens (including phenoxy) is 2. The van der Waals surface area contributed by atoms with E-state index in [0.29, 0.717) is 25.1 Å². The van der Waals surface area contributed by atoms with Crippen LogP contribution in [0.5, 0.6) is 11.5 Å². The first-order valence-corrected chi connectivity index (χ1v) is 12.8. The molecule has 1 saturated heterocycles. The van der Waals surface area contributed by atoms with E-state index >= 15 is 0 Å². The number of nitrogens with one attached hydrogen (secondary N) is 1. The van der Waals surface area contributed by atoms with Crippen LogP contribution in [0.1, 0.15) is 19.8 Å². The third kappa shape index (κ3) is 4.84. The van der Waals surface area contributed by atoms with Crippen LogP contribution in [0.2, 0.25) is 5.02 Å². The van der Waals surface area contributed by atoms with E-state index in [9.17, 15) is 18.0 Å². The van der Waals surface area contributed by atoms with Crippen molar-refractivity contribution in [3.05, 3.63) is 41.4 Å². The number of fused-ring (bicyclic) bond motifs is 1. The lowest BCUT2D eigenvalue weighted by Gasteiger charge is -2.33. The van der Waals surface area contributed by atoms with Crippen LogP contribution in [0.15, 0.2) is 41.3 Å². The highest BCUT2D eigenvalue weighted by atomic mass is 35.5. The van der Waals surface area contributed by atoms with Gasteiger partial charge < -0.3 is 19.7 Å². The summed E-state index contributed by atoms with van der Waals surface area (Å²) in [6.07, 6.45) is 0.795. The Balaban J connectivity index is 1.43. The molecule has 0 bridgehead atoms. The predicted molar refractivity (Wildman–Crippen MR) is 128 cm³/mol. The molecule has 2 amide bonds. The van der Waals surface area contributed by atoms with Gasteiger partial charge in [0, 0.05) is 37.8 Å². The van der Waals surface area contributed by atoms with Crippen molar-refractivity contribution in [2.75, 3.05) is 43.6 Å². The molecule has 2 heterocycles. The molecule has 2 aromatic carbocycles. The molecule has 1 fully saturated rings. The Morgan fingerprint density at radius 3 is 2.56 bits per heavy atom. The topological polar surface area (TPSA) is 105 Å². The van der Waals surface area contributed by atoms with Gasteiger partial charge in [-0.05, 0) is 50.1 Å².